The van der Waals surface area contributed by atoms with E-state index < -0.39 is 0 Å². The van der Waals surface area contributed by atoms with Gasteiger partial charge in [0, 0.05) is 16.3 Å². The van der Waals surface area contributed by atoms with Gasteiger partial charge in [0.2, 0.25) is 11.1 Å². The lowest BCUT2D eigenvalue weighted by molar-refractivity contribution is 0.868. The van der Waals surface area contributed by atoms with Crippen molar-refractivity contribution in [1.29, 1.82) is 0 Å². The maximum absolute atomic E-state index is 6.10. The minimum Gasteiger partial charge on any atom is -0.324 e. The van der Waals surface area contributed by atoms with Crippen LogP contribution in [0.2, 0.25) is 5.02 Å². The molecule has 23 heavy (non-hydrogen) atoms. The Morgan fingerprint density at radius 3 is 2.87 bits per heavy atom. The van der Waals surface area contributed by atoms with Crippen molar-refractivity contribution < 1.29 is 0 Å². The number of nitrogens with one attached hydrogen (secondary N) is 2. The monoisotopic (exact) mass is 364 g/mol. The van der Waals surface area contributed by atoms with Crippen LogP contribution < -0.4 is 5.32 Å². The molecule has 0 amide bonds. The first-order chi connectivity index (χ1) is 11.1. The molecule has 0 saturated carbocycles. The number of hydrogen-bond acceptors (Lipinski definition) is 5. The van der Waals surface area contributed by atoms with E-state index in [1.807, 2.05) is 23.6 Å². The number of halogens is 1. The van der Waals surface area contributed by atoms with Crippen molar-refractivity contribution in [3.05, 3.63) is 51.2 Å². The molecule has 2 heterocycles. The molecule has 0 saturated heterocycles. The first kappa shape index (κ1) is 16.4. The van der Waals surface area contributed by atoms with Crippen molar-refractivity contribution in [3.8, 4) is 0 Å². The molecule has 2 N–H and O–H groups in total. The van der Waals surface area contributed by atoms with Crippen LogP contribution in [0.5, 0.6) is 0 Å². The van der Waals surface area contributed by atoms with Gasteiger partial charge >= 0.3 is 0 Å². The van der Waals surface area contributed by atoms with Gasteiger partial charge in [-0.15, -0.1) is 16.4 Å². The molecule has 0 aliphatic carbocycles. The second-order valence-electron chi connectivity index (χ2n) is 5.31. The molecule has 0 unspecified atom stereocenters. The highest BCUT2D eigenvalue weighted by Crippen LogP contribution is 2.30. The molecule has 0 aliphatic rings. The third-order valence-corrected chi connectivity index (χ3v) is 5.77. The molecule has 3 aromatic rings. The topological polar surface area (TPSA) is 53.6 Å². The Labute approximate surface area is 148 Å². The third-order valence-electron chi connectivity index (χ3n) is 3.32. The number of hydrogen-bond donors (Lipinski definition) is 2. The van der Waals surface area contributed by atoms with E-state index in [0.717, 1.165) is 21.3 Å². The standard InChI is InChI=1S/C16H17ClN4S2/c1-10(2)11-5-3-4-6-13(11)18-15-19-16(21-20-15)23-9-14-12(17)7-8-22-14/h3-8,10H,9H2,1-2H3,(H2,18,19,20,21). The molecule has 4 nitrogen and oxygen atoms in total. The van der Waals surface area contributed by atoms with E-state index in [4.69, 9.17) is 11.6 Å². The van der Waals surface area contributed by atoms with Gasteiger partial charge in [-0.1, -0.05) is 55.4 Å². The number of H-pyrrole nitrogens is 1. The number of rotatable bonds is 6. The first-order valence-corrected chi connectivity index (χ1v) is 9.51. The van der Waals surface area contributed by atoms with Gasteiger partial charge in [-0.2, -0.15) is 4.98 Å². The smallest absolute Gasteiger partial charge is 0.223 e. The predicted molar refractivity (Wildman–Crippen MR) is 99.1 cm³/mol. The lowest BCUT2D eigenvalue weighted by Crippen LogP contribution is -1.98. The van der Waals surface area contributed by atoms with E-state index in [-0.39, 0.29) is 0 Å². The Morgan fingerprint density at radius 1 is 1.30 bits per heavy atom. The Morgan fingerprint density at radius 2 is 2.13 bits per heavy atom. The number of para-hydroxylation sites is 1. The van der Waals surface area contributed by atoms with Gasteiger partial charge in [-0.05, 0) is 29.0 Å². The van der Waals surface area contributed by atoms with E-state index in [1.54, 1.807) is 23.1 Å². The number of aromatic amines is 1. The second-order valence-corrected chi connectivity index (χ2v) is 7.66. The highest BCUT2D eigenvalue weighted by molar-refractivity contribution is 7.98. The zero-order valence-electron chi connectivity index (χ0n) is 12.8. The molecule has 0 atom stereocenters. The Kier molecular flexibility index (Phi) is 5.25. The minimum absolute atomic E-state index is 0.441. The SMILES string of the molecule is CC(C)c1ccccc1Nc1nc(SCc2sccc2Cl)n[nH]1. The van der Waals surface area contributed by atoms with Crippen LogP contribution in [0.3, 0.4) is 0 Å². The maximum Gasteiger partial charge on any atom is 0.223 e. The van der Waals surface area contributed by atoms with Crippen molar-refractivity contribution in [2.24, 2.45) is 0 Å². The molecule has 0 fully saturated rings. The highest BCUT2D eigenvalue weighted by atomic mass is 35.5. The summed E-state index contributed by atoms with van der Waals surface area (Å²) in [5.41, 5.74) is 2.31. The summed E-state index contributed by atoms with van der Waals surface area (Å²) in [5.74, 6) is 1.87. The zero-order valence-corrected chi connectivity index (χ0v) is 15.2. The van der Waals surface area contributed by atoms with Crippen LogP contribution in [-0.2, 0) is 5.75 Å². The Hall–Kier alpha value is -1.50. The fourth-order valence-corrected chi connectivity index (χ4v) is 4.26. The maximum atomic E-state index is 6.10. The molecule has 1 aromatic carbocycles. The zero-order chi connectivity index (χ0) is 16.2. The summed E-state index contributed by atoms with van der Waals surface area (Å²) >= 11 is 9.32. The normalized spacial score (nSPS) is 11.1. The van der Waals surface area contributed by atoms with Gasteiger partial charge in [0.05, 0.1) is 5.02 Å². The van der Waals surface area contributed by atoms with Crippen LogP contribution in [0.4, 0.5) is 11.6 Å². The molecule has 0 bridgehead atoms. The van der Waals surface area contributed by atoms with Gasteiger partial charge in [-0.3, -0.25) is 0 Å². The van der Waals surface area contributed by atoms with Gasteiger partial charge in [0.1, 0.15) is 0 Å². The number of nitrogens with zero attached hydrogens (tertiary/aromatic N) is 2. The number of thiophene rings is 1. The largest absolute Gasteiger partial charge is 0.324 e. The molecule has 0 aliphatic heterocycles. The van der Waals surface area contributed by atoms with Crippen molar-refractivity contribution >= 4 is 46.3 Å². The fourth-order valence-electron chi connectivity index (χ4n) is 2.17. The van der Waals surface area contributed by atoms with Crippen LogP contribution in [0.1, 0.15) is 30.2 Å². The van der Waals surface area contributed by atoms with E-state index >= 15 is 0 Å². The summed E-state index contributed by atoms with van der Waals surface area (Å²) in [6.07, 6.45) is 0. The number of benzene rings is 1. The predicted octanol–water partition coefficient (Wildman–Crippen LogP) is 5.68. The average Bonchev–Trinajstić information content (AvgIpc) is 3.14. The quantitative estimate of drug-likeness (QED) is 0.552. The first-order valence-electron chi connectivity index (χ1n) is 7.26. The van der Waals surface area contributed by atoms with Gasteiger partial charge in [0.25, 0.3) is 0 Å². The minimum atomic E-state index is 0.441. The van der Waals surface area contributed by atoms with Crippen LogP contribution in [0.15, 0.2) is 40.9 Å². The molecule has 3 rings (SSSR count). The number of thioether (sulfide) groups is 1. The lowest BCUT2D eigenvalue weighted by Gasteiger charge is -2.12. The van der Waals surface area contributed by atoms with Crippen molar-refractivity contribution in [1.82, 2.24) is 15.2 Å². The van der Waals surface area contributed by atoms with Crippen LogP contribution in [0, 0.1) is 0 Å². The fraction of sp³-hybridized carbons (Fsp3) is 0.250. The lowest BCUT2D eigenvalue weighted by atomic mass is 10.0. The Balaban J connectivity index is 1.67. The van der Waals surface area contributed by atoms with Gasteiger partial charge < -0.3 is 5.32 Å². The highest BCUT2D eigenvalue weighted by Gasteiger charge is 2.10. The third kappa shape index (κ3) is 4.07. The summed E-state index contributed by atoms with van der Waals surface area (Å²) in [5, 5.41) is 14.0. The molecular formula is C16H17ClN4S2. The van der Waals surface area contributed by atoms with Crippen molar-refractivity contribution in [2.75, 3.05) is 5.32 Å². The molecule has 120 valence electrons. The summed E-state index contributed by atoms with van der Waals surface area (Å²) in [4.78, 5) is 5.62. The average molecular weight is 365 g/mol. The number of aromatic nitrogens is 3. The molecule has 2 aromatic heterocycles. The van der Waals surface area contributed by atoms with Gasteiger partial charge in [-0.25, -0.2) is 5.10 Å². The van der Waals surface area contributed by atoms with Crippen molar-refractivity contribution in [2.45, 2.75) is 30.7 Å². The summed E-state index contributed by atoms with van der Waals surface area (Å²) in [7, 11) is 0. The Bertz CT molecular complexity index is 782. The molecule has 0 spiro atoms. The van der Waals surface area contributed by atoms with E-state index in [2.05, 4.69) is 46.5 Å². The molecule has 0 radical (unpaired) electrons. The van der Waals surface area contributed by atoms with Crippen LogP contribution in [-0.4, -0.2) is 15.2 Å². The van der Waals surface area contributed by atoms with E-state index in [1.165, 1.54) is 5.56 Å². The number of anilines is 2. The summed E-state index contributed by atoms with van der Waals surface area (Å²) < 4.78 is 0. The van der Waals surface area contributed by atoms with Crippen LogP contribution in [0.25, 0.3) is 0 Å². The molecule has 7 heteroatoms. The summed E-state index contributed by atoms with van der Waals surface area (Å²) in [6.45, 7) is 4.35. The van der Waals surface area contributed by atoms with Crippen LogP contribution >= 0.6 is 34.7 Å². The van der Waals surface area contributed by atoms with E-state index in [0.29, 0.717) is 17.0 Å². The van der Waals surface area contributed by atoms with Gasteiger partial charge in [0.15, 0.2) is 0 Å². The molecular weight excluding hydrogens is 348 g/mol. The van der Waals surface area contributed by atoms with E-state index in [9.17, 15) is 0 Å². The van der Waals surface area contributed by atoms with Crippen molar-refractivity contribution in [3.63, 3.8) is 0 Å². The summed E-state index contributed by atoms with van der Waals surface area (Å²) in [6, 6.07) is 10.1. The second kappa shape index (κ2) is 7.38.